The van der Waals surface area contributed by atoms with Crippen LogP contribution in [-0.2, 0) is 17.8 Å². The van der Waals surface area contributed by atoms with E-state index in [1.54, 1.807) is 6.33 Å². The van der Waals surface area contributed by atoms with Gasteiger partial charge in [-0.15, -0.1) is 0 Å². The number of hydrogen-bond acceptors (Lipinski definition) is 4. The number of imidazole rings is 1. The van der Waals surface area contributed by atoms with Gasteiger partial charge in [-0.3, -0.25) is 4.90 Å². The highest BCUT2D eigenvalue weighted by atomic mass is 19.1. The SMILES string of the molecule is N[C@H]1C[C@@H](N2Cc3nc[nH]c3C2)CO[C@@H]1c1ccc(F)cc1F. The third kappa shape index (κ3) is 2.65. The molecule has 0 bridgehead atoms. The molecule has 3 N–H and O–H groups in total. The Balaban J connectivity index is 1.45. The van der Waals surface area contributed by atoms with Gasteiger partial charge in [-0.1, -0.05) is 6.07 Å². The van der Waals surface area contributed by atoms with Crippen LogP contribution in [0.25, 0.3) is 0 Å². The number of nitrogens with one attached hydrogen (secondary N) is 1. The molecule has 23 heavy (non-hydrogen) atoms. The first kappa shape index (κ1) is 14.7. The topological polar surface area (TPSA) is 67.2 Å². The van der Waals surface area contributed by atoms with E-state index in [0.29, 0.717) is 18.6 Å². The first-order chi connectivity index (χ1) is 11.1. The number of H-pyrrole nitrogens is 1. The van der Waals surface area contributed by atoms with Crippen molar-refractivity contribution in [1.82, 2.24) is 14.9 Å². The summed E-state index contributed by atoms with van der Waals surface area (Å²) < 4.78 is 32.8. The van der Waals surface area contributed by atoms with Gasteiger partial charge in [0.15, 0.2) is 0 Å². The predicted octanol–water partition coefficient (Wildman–Crippen LogP) is 1.86. The number of rotatable bonds is 2. The molecule has 1 aromatic carbocycles. The van der Waals surface area contributed by atoms with Crippen molar-refractivity contribution in [3.63, 3.8) is 0 Å². The van der Waals surface area contributed by atoms with Crippen LogP contribution in [0.4, 0.5) is 8.78 Å². The molecule has 1 fully saturated rings. The van der Waals surface area contributed by atoms with Crippen LogP contribution < -0.4 is 5.73 Å². The number of nitrogens with zero attached hydrogens (tertiary/aromatic N) is 2. The number of hydrogen-bond donors (Lipinski definition) is 2. The van der Waals surface area contributed by atoms with Gasteiger partial charge in [-0.05, 0) is 12.5 Å². The van der Waals surface area contributed by atoms with E-state index < -0.39 is 17.7 Å². The van der Waals surface area contributed by atoms with Gasteiger partial charge in [-0.2, -0.15) is 0 Å². The zero-order chi connectivity index (χ0) is 16.0. The highest BCUT2D eigenvalue weighted by molar-refractivity contribution is 5.23. The molecule has 0 unspecified atom stereocenters. The molecule has 7 heteroatoms. The largest absolute Gasteiger partial charge is 0.370 e. The summed E-state index contributed by atoms with van der Waals surface area (Å²) in [6.07, 6.45) is 1.87. The van der Waals surface area contributed by atoms with Gasteiger partial charge >= 0.3 is 0 Å². The van der Waals surface area contributed by atoms with Crippen molar-refractivity contribution >= 4 is 0 Å². The van der Waals surface area contributed by atoms with E-state index in [9.17, 15) is 8.78 Å². The second-order valence-corrected chi connectivity index (χ2v) is 6.21. The van der Waals surface area contributed by atoms with Crippen molar-refractivity contribution in [2.24, 2.45) is 5.73 Å². The van der Waals surface area contributed by atoms with Gasteiger partial charge in [0.25, 0.3) is 0 Å². The van der Waals surface area contributed by atoms with E-state index in [2.05, 4.69) is 14.9 Å². The minimum Gasteiger partial charge on any atom is -0.370 e. The van der Waals surface area contributed by atoms with Crippen LogP contribution in [-0.4, -0.2) is 33.6 Å². The molecule has 0 radical (unpaired) electrons. The molecular formula is C16H18F2N4O. The Morgan fingerprint density at radius 2 is 2.17 bits per heavy atom. The summed E-state index contributed by atoms with van der Waals surface area (Å²) in [6, 6.07) is 3.36. The van der Waals surface area contributed by atoms with Gasteiger partial charge in [0.05, 0.1) is 24.3 Å². The van der Waals surface area contributed by atoms with Gasteiger partial charge in [-0.25, -0.2) is 13.8 Å². The zero-order valence-corrected chi connectivity index (χ0v) is 12.5. The number of aromatic amines is 1. The number of benzene rings is 1. The molecule has 3 heterocycles. The Labute approximate surface area is 132 Å². The molecule has 0 amide bonds. The van der Waals surface area contributed by atoms with Crippen molar-refractivity contribution in [1.29, 1.82) is 0 Å². The summed E-state index contributed by atoms with van der Waals surface area (Å²) in [5.41, 5.74) is 8.74. The summed E-state index contributed by atoms with van der Waals surface area (Å²) in [6.45, 7) is 2.04. The maximum atomic E-state index is 13.9. The highest BCUT2D eigenvalue weighted by Gasteiger charge is 2.36. The molecule has 3 atom stereocenters. The lowest BCUT2D eigenvalue weighted by molar-refractivity contribution is -0.0533. The molecule has 1 saturated heterocycles. The van der Waals surface area contributed by atoms with Crippen molar-refractivity contribution in [2.75, 3.05) is 6.61 Å². The number of fused-ring (bicyclic) bond motifs is 1. The Morgan fingerprint density at radius 1 is 1.30 bits per heavy atom. The average Bonchev–Trinajstić information content (AvgIpc) is 3.09. The lowest BCUT2D eigenvalue weighted by Gasteiger charge is -2.38. The number of nitrogens with two attached hydrogens (primary N) is 1. The van der Waals surface area contributed by atoms with Gasteiger partial charge < -0.3 is 15.5 Å². The molecule has 122 valence electrons. The van der Waals surface area contributed by atoms with Crippen LogP contribution in [0.3, 0.4) is 0 Å². The Hall–Kier alpha value is -1.83. The van der Waals surface area contributed by atoms with Gasteiger partial charge in [0.1, 0.15) is 17.7 Å². The zero-order valence-electron chi connectivity index (χ0n) is 12.5. The first-order valence-corrected chi connectivity index (χ1v) is 7.69. The molecule has 0 saturated carbocycles. The third-order valence-corrected chi connectivity index (χ3v) is 4.71. The van der Waals surface area contributed by atoms with Gasteiger partial charge in [0, 0.05) is 36.8 Å². The van der Waals surface area contributed by atoms with E-state index in [1.165, 1.54) is 12.1 Å². The van der Waals surface area contributed by atoms with Crippen LogP contribution in [0, 0.1) is 11.6 Å². The molecule has 4 rings (SSSR count). The highest BCUT2D eigenvalue weighted by Crippen LogP contribution is 2.33. The summed E-state index contributed by atoms with van der Waals surface area (Å²) in [5.74, 6) is -1.21. The number of halogens is 2. The van der Waals surface area contributed by atoms with Crippen LogP contribution in [0.15, 0.2) is 24.5 Å². The second kappa shape index (κ2) is 5.67. The van der Waals surface area contributed by atoms with Crippen LogP contribution in [0.2, 0.25) is 0 Å². The standard InChI is InChI=1S/C16H18F2N4O/c17-9-1-2-11(12(18)3-9)16-13(19)4-10(7-23-16)22-5-14-15(6-22)21-8-20-14/h1-3,8,10,13,16H,4-7,19H2,(H,20,21)/t10-,13+,16-/m1/s1. The molecular weight excluding hydrogens is 302 g/mol. The Bertz CT molecular complexity index is 699. The lowest BCUT2D eigenvalue weighted by atomic mass is 9.93. The molecule has 0 aliphatic carbocycles. The predicted molar refractivity (Wildman–Crippen MR) is 79.3 cm³/mol. The van der Waals surface area contributed by atoms with Crippen LogP contribution >= 0.6 is 0 Å². The normalized spacial score (nSPS) is 28.0. The van der Waals surface area contributed by atoms with Crippen molar-refractivity contribution in [3.05, 3.63) is 53.1 Å². The monoisotopic (exact) mass is 320 g/mol. The fraction of sp³-hybridized carbons (Fsp3) is 0.438. The Morgan fingerprint density at radius 3 is 2.91 bits per heavy atom. The summed E-state index contributed by atoms with van der Waals surface area (Å²) in [4.78, 5) is 9.69. The van der Waals surface area contributed by atoms with E-state index >= 15 is 0 Å². The number of ether oxygens (including phenoxy) is 1. The molecule has 1 aromatic heterocycles. The quantitative estimate of drug-likeness (QED) is 0.886. The average molecular weight is 320 g/mol. The fourth-order valence-electron chi connectivity index (χ4n) is 3.48. The van der Waals surface area contributed by atoms with Crippen LogP contribution in [0.5, 0.6) is 0 Å². The molecule has 2 aliphatic rings. The van der Waals surface area contributed by atoms with Crippen molar-refractivity contribution in [3.8, 4) is 0 Å². The lowest BCUT2D eigenvalue weighted by Crippen LogP contribution is -2.47. The minimum absolute atomic E-state index is 0.173. The summed E-state index contributed by atoms with van der Waals surface area (Å²) in [5, 5.41) is 0. The summed E-state index contributed by atoms with van der Waals surface area (Å²) >= 11 is 0. The van der Waals surface area contributed by atoms with Crippen LogP contribution in [0.1, 0.15) is 29.5 Å². The van der Waals surface area contributed by atoms with E-state index in [-0.39, 0.29) is 12.1 Å². The maximum Gasteiger partial charge on any atom is 0.131 e. The molecule has 2 aromatic rings. The fourth-order valence-corrected chi connectivity index (χ4v) is 3.48. The van der Waals surface area contributed by atoms with E-state index in [0.717, 1.165) is 30.5 Å². The minimum atomic E-state index is -0.607. The van der Waals surface area contributed by atoms with Gasteiger partial charge in [0.2, 0.25) is 0 Å². The Kier molecular flexibility index (Phi) is 3.63. The molecule has 2 aliphatic heterocycles. The van der Waals surface area contributed by atoms with Crippen molar-refractivity contribution in [2.45, 2.75) is 37.7 Å². The van der Waals surface area contributed by atoms with Crippen molar-refractivity contribution < 1.29 is 13.5 Å². The number of aromatic nitrogens is 2. The van der Waals surface area contributed by atoms with E-state index in [4.69, 9.17) is 10.5 Å². The second-order valence-electron chi connectivity index (χ2n) is 6.21. The van der Waals surface area contributed by atoms with E-state index in [1.807, 2.05) is 0 Å². The smallest absolute Gasteiger partial charge is 0.131 e. The maximum absolute atomic E-state index is 13.9. The molecule has 5 nitrogen and oxygen atoms in total. The third-order valence-electron chi connectivity index (χ3n) is 4.71. The molecule has 0 spiro atoms. The summed E-state index contributed by atoms with van der Waals surface area (Å²) in [7, 11) is 0. The first-order valence-electron chi connectivity index (χ1n) is 7.69.